The average molecular weight is 907 g/mol. The van der Waals surface area contributed by atoms with Gasteiger partial charge in [0, 0.05) is 0 Å². The number of allylic oxidation sites excluding steroid dienone is 4. The third-order valence-electron chi connectivity index (χ3n) is 12.4. The molecular formula is C57H60Cl2Zr. The molecular weight excluding hydrogens is 847 g/mol. The molecule has 0 aliphatic heterocycles. The maximum atomic E-state index is 2.62. The molecule has 0 amide bonds. The normalized spacial score (nSPS) is 12.9. The van der Waals surface area contributed by atoms with E-state index in [1.165, 1.54) is 72.3 Å². The largest absolute Gasteiger partial charge is 1.00 e. The van der Waals surface area contributed by atoms with Gasteiger partial charge in [0.1, 0.15) is 0 Å². The van der Waals surface area contributed by atoms with Crippen molar-refractivity contribution in [2.45, 2.75) is 105 Å². The molecule has 306 valence electrons. The van der Waals surface area contributed by atoms with Crippen LogP contribution in [0.3, 0.4) is 0 Å². The van der Waals surface area contributed by atoms with Crippen molar-refractivity contribution >= 4 is 6.48 Å². The second-order valence-electron chi connectivity index (χ2n) is 19.3. The first-order chi connectivity index (χ1) is 27.7. The third kappa shape index (κ3) is 8.89. The fourth-order valence-corrected chi connectivity index (χ4v) is 17.7. The van der Waals surface area contributed by atoms with Crippen molar-refractivity contribution in [3.05, 3.63) is 193 Å². The van der Waals surface area contributed by atoms with Crippen LogP contribution in [0.2, 0.25) is 0 Å². The van der Waals surface area contributed by atoms with Crippen LogP contribution in [0.5, 0.6) is 0 Å². The Morgan fingerprint density at radius 3 is 1.52 bits per heavy atom. The van der Waals surface area contributed by atoms with Gasteiger partial charge in [-0.25, -0.2) is 0 Å². The molecule has 60 heavy (non-hydrogen) atoms. The number of fused-ring (bicyclic) bond motifs is 3. The Bertz CT molecular complexity index is 2520. The SMILES string of the molecule is CC(C)c1ccc([C](c2ccc(C(C)C)cc2)=[Zr+2]([C]2=CC=CC2)[c]2c3c(cc(C(C)(C)C)c2-c2ccccc2)-c2cc(C(C)(C)C)c(-c4ccccc4)cc2C3)cc1.[Cl-].[Cl-]. The Hall–Kier alpha value is -3.87. The summed E-state index contributed by atoms with van der Waals surface area (Å²) in [5, 5.41) is 0. The smallest absolute Gasteiger partial charge is 1.00 e. The van der Waals surface area contributed by atoms with Gasteiger partial charge in [0.2, 0.25) is 0 Å². The van der Waals surface area contributed by atoms with Crippen molar-refractivity contribution in [2.24, 2.45) is 0 Å². The van der Waals surface area contributed by atoms with E-state index in [4.69, 9.17) is 0 Å². The van der Waals surface area contributed by atoms with Gasteiger partial charge in [-0.1, -0.05) is 0 Å². The van der Waals surface area contributed by atoms with Gasteiger partial charge in [0.15, 0.2) is 0 Å². The Morgan fingerprint density at radius 1 is 0.550 bits per heavy atom. The number of benzene rings is 6. The predicted molar refractivity (Wildman–Crippen MR) is 249 cm³/mol. The van der Waals surface area contributed by atoms with E-state index >= 15 is 0 Å². The van der Waals surface area contributed by atoms with Crippen LogP contribution in [0.4, 0.5) is 0 Å². The summed E-state index contributed by atoms with van der Waals surface area (Å²) in [7, 11) is 0. The van der Waals surface area contributed by atoms with Gasteiger partial charge in [0.05, 0.1) is 0 Å². The van der Waals surface area contributed by atoms with Crippen LogP contribution >= 0.6 is 0 Å². The number of rotatable bonds is 8. The van der Waals surface area contributed by atoms with Crippen LogP contribution in [-0.4, -0.2) is 3.21 Å². The summed E-state index contributed by atoms with van der Waals surface area (Å²) in [6.45, 7) is 23.6. The van der Waals surface area contributed by atoms with E-state index in [0.29, 0.717) is 11.8 Å². The van der Waals surface area contributed by atoms with Gasteiger partial charge in [0.25, 0.3) is 0 Å². The van der Waals surface area contributed by atoms with Crippen molar-refractivity contribution in [2.75, 3.05) is 0 Å². The molecule has 2 aliphatic rings. The van der Waals surface area contributed by atoms with E-state index in [1.807, 2.05) is 0 Å². The number of halogens is 2. The van der Waals surface area contributed by atoms with Gasteiger partial charge in [-0.2, -0.15) is 0 Å². The van der Waals surface area contributed by atoms with Crippen LogP contribution in [0, 0.1) is 0 Å². The zero-order valence-electron chi connectivity index (χ0n) is 37.2. The first kappa shape index (κ1) is 45.7. The minimum atomic E-state index is -3.10. The Kier molecular flexibility index (Phi) is 13.9. The monoisotopic (exact) mass is 904 g/mol. The van der Waals surface area contributed by atoms with E-state index in [1.54, 1.807) is 15.3 Å². The molecule has 0 spiro atoms. The summed E-state index contributed by atoms with van der Waals surface area (Å²) < 4.78 is 4.90. The summed E-state index contributed by atoms with van der Waals surface area (Å²) >= 11 is -3.10. The summed E-state index contributed by atoms with van der Waals surface area (Å²) in [6, 6.07) is 49.7. The molecule has 8 rings (SSSR count). The molecule has 0 fully saturated rings. The van der Waals surface area contributed by atoms with Crippen LogP contribution < -0.4 is 28.1 Å². The molecule has 3 heteroatoms. The van der Waals surface area contributed by atoms with Gasteiger partial charge in [-0.15, -0.1) is 0 Å². The Morgan fingerprint density at radius 2 is 1.05 bits per heavy atom. The van der Waals surface area contributed by atoms with Crippen LogP contribution in [0.1, 0.15) is 132 Å². The summed E-state index contributed by atoms with van der Waals surface area (Å²) in [4.78, 5) is 0. The Balaban J connectivity index is 0.00000302. The minimum absolute atomic E-state index is 0. The van der Waals surface area contributed by atoms with E-state index < -0.39 is 21.3 Å². The van der Waals surface area contributed by atoms with Gasteiger partial charge < -0.3 is 24.8 Å². The molecule has 0 bridgehead atoms. The molecule has 6 aromatic carbocycles. The third-order valence-corrected chi connectivity index (χ3v) is 20.1. The van der Waals surface area contributed by atoms with E-state index in [-0.39, 0.29) is 35.6 Å². The van der Waals surface area contributed by atoms with E-state index in [9.17, 15) is 0 Å². The van der Waals surface area contributed by atoms with Crippen molar-refractivity contribution < 1.29 is 46.1 Å². The molecule has 0 heterocycles. The molecule has 0 radical (unpaired) electrons. The Labute approximate surface area is 381 Å². The van der Waals surface area contributed by atoms with Crippen molar-refractivity contribution in [1.82, 2.24) is 0 Å². The molecule has 0 unspecified atom stereocenters. The maximum Gasteiger partial charge on any atom is -1.00 e. The van der Waals surface area contributed by atoms with Crippen LogP contribution in [-0.2, 0) is 38.5 Å². The van der Waals surface area contributed by atoms with Crippen molar-refractivity contribution in [1.29, 1.82) is 0 Å². The second kappa shape index (κ2) is 18.2. The summed E-state index contributed by atoms with van der Waals surface area (Å²) in [5.74, 6) is 0.966. The number of hydrogen-bond donors (Lipinski definition) is 0. The van der Waals surface area contributed by atoms with Crippen LogP contribution in [0.15, 0.2) is 149 Å². The molecule has 6 aromatic rings. The fraction of sp³-hybridized carbons (Fsp3) is 0.281. The van der Waals surface area contributed by atoms with Crippen molar-refractivity contribution in [3.63, 3.8) is 0 Å². The molecule has 0 saturated heterocycles. The minimum Gasteiger partial charge on any atom is -1.00 e. The van der Waals surface area contributed by atoms with Crippen molar-refractivity contribution in [3.8, 4) is 33.4 Å². The molecule has 0 aromatic heterocycles. The summed E-state index contributed by atoms with van der Waals surface area (Å²) in [5.41, 5.74) is 19.7. The zero-order chi connectivity index (χ0) is 40.9. The maximum absolute atomic E-state index is 3.10. The standard InChI is InChI=1S/C33H33.C19H22.C5H5.2ClH.Zr/c1-32(2,3)30-20-26-24(18-28(30)22-13-9-7-10-14-22)17-25-19-29(23-15-11-8-12-16-23)31(21-27(25)26)33(4,5)6;1-14(2)18-9-5-16(6-10-18)13-17-7-11-19(12-8-17)15(3)4;1-2-4-5-3-1;;;/h7-16,18,20-21H,17H2,1-6H3;5-12,14-15H,1-4H3;1-3H,4H2;2*1H;/q;;;;;+2/p-2. The predicted octanol–water partition coefficient (Wildman–Crippen LogP) is 8.80. The van der Waals surface area contributed by atoms with E-state index in [0.717, 1.165) is 12.8 Å². The van der Waals surface area contributed by atoms with Crippen LogP contribution in [0.25, 0.3) is 33.4 Å². The second-order valence-corrected chi connectivity index (χ2v) is 25.2. The molecule has 0 saturated carbocycles. The molecule has 0 atom stereocenters. The topological polar surface area (TPSA) is 0 Å². The van der Waals surface area contributed by atoms with E-state index in [2.05, 4.69) is 215 Å². The van der Waals surface area contributed by atoms with Gasteiger partial charge >= 0.3 is 359 Å². The first-order valence-electron chi connectivity index (χ1n) is 21.5. The zero-order valence-corrected chi connectivity index (χ0v) is 41.2. The quantitative estimate of drug-likeness (QED) is 0.143. The first-order valence-corrected chi connectivity index (χ1v) is 25.2. The number of hydrogen-bond acceptors (Lipinski definition) is 0. The molecule has 0 nitrogen and oxygen atoms in total. The van der Waals surface area contributed by atoms with Gasteiger partial charge in [-0.3, -0.25) is 0 Å². The fourth-order valence-electron chi connectivity index (χ4n) is 9.23. The molecule has 0 N–H and O–H groups in total. The summed E-state index contributed by atoms with van der Waals surface area (Å²) in [6.07, 6.45) is 9.23. The van der Waals surface area contributed by atoms with Gasteiger partial charge in [-0.05, 0) is 0 Å². The molecule has 2 aliphatic carbocycles. The average Bonchev–Trinajstić information content (AvgIpc) is 3.87.